The van der Waals surface area contributed by atoms with E-state index in [-0.39, 0.29) is 10.8 Å². The Kier molecular flexibility index (Phi) is 8.36. The Morgan fingerprint density at radius 1 is 1.06 bits per heavy atom. The van der Waals surface area contributed by atoms with Crippen molar-refractivity contribution in [1.82, 2.24) is 5.32 Å². The molecule has 0 aliphatic heterocycles. The first-order valence-corrected chi connectivity index (χ1v) is 11.7. The van der Waals surface area contributed by atoms with Crippen LogP contribution in [0.4, 0.5) is 18.9 Å². The lowest BCUT2D eigenvalue weighted by molar-refractivity contribution is -0.192. The summed E-state index contributed by atoms with van der Waals surface area (Å²) in [5.74, 6) is -2.71. The van der Waals surface area contributed by atoms with E-state index in [1.165, 1.54) is 24.3 Å². The summed E-state index contributed by atoms with van der Waals surface area (Å²) in [5.41, 5.74) is 0.914. The number of sulfonamides is 1. The largest absolute Gasteiger partial charge is 0.490 e. The van der Waals surface area contributed by atoms with E-state index in [4.69, 9.17) is 21.5 Å². The van der Waals surface area contributed by atoms with Gasteiger partial charge < -0.3 is 10.4 Å². The van der Waals surface area contributed by atoms with Gasteiger partial charge in [0.1, 0.15) is 0 Å². The normalized spacial score (nSPS) is 14.5. The number of carboxylic acid groups (broad SMARTS) is 1. The maximum absolute atomic E-state index is 12.4. The van der Waals surface area contributed by atoms with Crippen LogP contribution in [-0.4, -0.2) is 38.1 Å². The fourth-order valence-electron chi connectivity index (χ4n) is 2.86. The molecule has 7 nitrogen and oxygen atoms in total. The van der Waals surface area contributed by atoms with Crippen molar-refractivity contribution in [2.45, 2.75) is 42.7 Å². The van der Waals surface area contributed by atoms with Crippen molar-refractivity contribution in [2.75, 3.05) is 11.3 Å². The van der Waals surface area contributed by atoms with E-state index in [0.717, 1.165) is 24.8 Å². The molecule has 0 unspecified atom stereocenters. The van der Waals surface area contributed by atoms with Crippen LogP contribution in [0.25, 0.3) is 0 Å². The van der Waals surface area contributed by atoms with Crippen LogP contribution in [0.2, 0.25) is 5.02 Å². The fraction of sp³-hybridized carbons (Fsp3) is 0.333. The van der Waals surface area contributed by atoms with Gasteiger partial charge in [-0.3, -0.25) is 9.52 Å². The van der Waals surface area contributed by atoms with Gasteiger partial charge in [-0.25, -0.2) is 13.2 Å². The summed E-state index contributed by atoms with van der Waals surface area (Å²) in [6.45, 7) is 2.68. The summed E-state index contributed by atoms with van der Waals surface area (Å²) in [6, 6.07) is 13.0. The number of carbonyl (C=O) groups is 2. The Bertz CT molecular complexity index is 1080. The van der Waals surface area contributed by atoms with Gasteiger partial charge in [-0.15, -0.1) is 0 Å². The minimum Gasteiger partial charge on any atom is -0.475 e. The monoisotopic (exact) mass is 506 g/mol. The SMILES string of the molecule is CCCNC(=O)C1(c2ccc(NS(=O)(=O)c3ccc(Cl)cc3)cc2)CC1.O=C(O)C(F)(F)F. The number of aliphatic carboxylic acids is 1. The third-order valence-corrected chi connectivity index (χ3v) is 6.43. The molecule has 12 heteroatoms. The van der Waals surface area contributed by atoms with E-state index in [0.29, 0.717) is 17.3 Å². The van der Waals surface area contributed by atoms with Crippen LogP contribution < -0.4 is 10.0 Å². The van der Waals surface area contributed by atoms with Gasteiger partial charge in [0.25, 0.3) is 10.0 Å². The first-order chi connectivity index (χ1) is 15.3. The molecule has 0 heterocycles. The molecule has 0 spiro atoms. The van der Waals surface area contributed by atoms with Crippen molar-refractivity contribution in [3.63, 3.8) is 0 Å². The van der Waals surface area contributed by atoms with Crippen LogP contribution in [0.3, 0.4) is 0 Å². The zero-order chi connectivity index (χ0) is 24.9. The summed E-state index contributed by atoms with van der Waals surface area (Å²) >= 11 is 5.80. The first-order valence-electron chi connectivity index (χ1n) is 9.79. The molecule has 1 fully saturated rings. The lowest BCUT2D eigenvalue weighted by Gasteiger charge is -2.16. The minimum atomic E-state index is -5.08. The van der Waals surface area contributed by atoms with E-state index in [2.05, 4.69) is 10.0 Å². The number of halogens is 4. The van der Waals surface area contributed by atoms with Gasteiger partial charge in [-0.1, -0.05) is 30.7 Å². The summed E-state index contributed by atoms with van der Waals surface area (Å²) < 4.78 is 59.1. The third-order valence-electron chi connectivity index (χ3n) is 4.78. The lowest BCUT2D eigenvalue weighted by atomic mass is 9.95. The van der Waals surface area contributed by atoms with Gasteiger partial charge in [-0.2, -0.15) is 13.2 Å². The predicted octanol–water partition coefficient (Wildman–Crippen LogP) is 4.33. The van der Waals surface area contributed by atoms with Gasteiger partial charge in [0.15, 0.2) is 0 Å². The standard InChI is InChI=1S/C19H21ClN2O3S.C2HF3O2/c1-2-13-21-18(23)19(11-12-19)14-3-7-16(8-4-14)22-26(24,25)17-9-5-15(20)6-10-17;3-2(4,5)1(6)7/h3-10,22H,2,11-13H2,1H3,(H,21,23);(H,6,7). The highest BCUT2D eigenvalue weighted by Crippen LogP contribution is 2.48. The average molecular weight is 507 g/mol. The third kappa shape index (κ3) is 7.10. The number of carbonyl (C=O) groups excluding carboxylic acids is 1. The Labute approximate surface area is 194 Å². The van der Waals surface area contributed by atoms with Crippen LogP contribution in [0.5, 0.6) is 0 Å². The van der Waals surface area contributed by atoms with E-state index in [1.807, 2.05) is 19.1 Å². The number of rotatable bonds is 7. The highest BCUT2D eigenvalue weighted by atomic mass is 35.5. The maximum Gasteiger partial charge on any atom is 0.490 e. The molecule has 0 atom stereocenters. The topological polar surface area (TPSA) is 113 Å². The second-order valence-corrected chi connectivity index (χ2v) is 9.40. The molecule has 0 radical (unpaired) electrons. The highest BCUT2D eigenvalue weighted by molar-refractivity contribution is 7.92. The lowest BCUT2D eigenvalue weighted by Crippen LogP contribution is -2.35. The van der Waals surface area contributed by atoms with Gasteiger partial charge in [-0.05, 0) is 61.2 Å². The molecule has 3 N–H and O–H groups in total. The number of hydrogen-bond acceptors (Lipinski definition) is 4. The Morgan fingerprint density at radius 3 is 2.00 bits per heavy atom. The molecule has 0 bridgehead atoms. The Morgan fingerprint density at radius 2 is 1.58 bits per heavy atom. The second kappa shape index (κ2) is 10.4. The summed E-state index contributed by atoms with van der Waals surface area (Å²) in [7, 11) is -3.68. The van der Waals surface area contributed by atoms with Gasteiger partial charge in [0.05, 0.1) is 10.3 Å². The van der Waals surface area contributed by atoms with Gasteiger partial charge in [0, 0.05) is 17.3 Å². The maximum atomic E-state index is 12.4. The average Bonchev–Trinajstić information content (AvgIpc) is 3.54. The van der Waals surface area contributed by atoms with Crippen LogP contribution in [0.1, 0.15) is 31.7 Å². The smallest absolute Gasteiger partial charge is 0.475 e. The van der Waals surface area contributed by atoms with Crippen LogP contribution >= 0.6 is 11.6 Å². The van der Waals surface area contributed by atoms with Crippen molar-refractivity contribution in [3.8, 4) is 0 Å². The van der Waals surface area contributed by atoms with Gasteiger partial charge in [0.2, 0.25) is 5.91 Å². The predicted molar refractivity (Wildman–Crippen MR) is 117 cm³/mol. The molecule has 0 aromatic heterocycles. The van der Waals surface area contributed by atoms with E-state index >= 15 is 0 Å². The van der Waals surface area contributed by atoms with Crippen molar-refractivity contribution in [2.24, 2.45) is 0 Å². The molecular weight excluding hydrogens is 485 g/mol. The number of amides is 1. The minimum absolute atomic E-state index is 0.0499. The Hall–Kier alpha value is -2.79. The molecule has 2 aromatic carbocycles. The van der Waals surface area contributed by atoms with Crippen molar-refractivity contribution in [3.05, 3.63) is 59.1 Å². The molecular formula is C21H22ClF3N2O5S. The van der Waals surface area contributed by atoms with Crippen molar-refractivity contribution < 1.29 is 36.3 Å². The molecule has 1 amide bonds. The van der Waals surface area contributed by atoms with Crippen molar-refractivity contribution >= 4 is 39.2 Å². The summed E-state index contributed by atoms with van der Waals surface area (Å²) in [5, 5.41) is 10.6. The molecule has 33 heavy (non-hydrogen) atoms. The summed E-state index contributed by atoms with van der Waals surface area (Å²) in [4.78, 5) is 21.4. The first kappa shape index (κ1) is 26.5. The number of carboxylic acids is 1. The highest BCUT2D eigenvalue weighted by Gasteiger charge is 2.50. The molecule has 1 aliphatic carbocycles. The van der Waals surface area contributed by atoms with Crippen LogP contribution in [0.15, 0.2) is 53.4 Å². The van der Waals surface area contributed by atoms with Crippen LogP contribution in [-0.2, 0) is 25.0 Å². The molecule has 3 rings (SSSR count). The number of hydrogen-bond donors (Lipinski definition) is 3. The van der Waals surface area contributed by atoms with E-state index in [1.54, 1.807) is 12.1 Å². The Balaban J connectivity index is 0.000000479. The number of nitrogens with one attached hydrogen (secondary N) is 2. The molecule has 180 valence electrons. The van der Waals surface area contributed by atoms with E-state index < -0.39 is 27.6 Å². The van der Waals surface area contributed by atoms with E-state index in [9.17, 15) is 26.4 Å². The van der Waals surface area contributed by atoms with Crippen molar-refractivity contribution in [1.29, 1.82) is 0 Å². The zero-order valence-corrected chi connectivity index (χ0v) is 19.0. The molecule has 2 aromatic rings. The zero-order valence-electron chi connectivity index (χ0n) is 17.4. The van der Waals surface area contributed by atoms with Gasteiger partial charge >= 0.3 is 12.1 Å². The molecule has 1 aliphatic rings. The number of alkyl halides is 3. The number of benzene rings is 2. The second-order valence-electron chi connectivity index (χ2n) is 7.28. The quantitative estimate of drug-likeness (QED) is 0.517. The number of anilines is 1. The fourth-order valence-corrected chi connectivity index (χ4v) is 4.05. The van der Waals surface area contributed by atoms with Crippen LogP contribution in [0, 0.1) is 0 Å². The molecule has 1 saturated carbocycles. The summed E-state index contributed by atoms with van der Waals surface area (Å²) in [6.07, 6.45) is -2.55. The molecule has 0 saturated heterocycles.